The van der Waals surface area contributed by atoms with E-state index in [0.29, 0.717) is 6.61 Å². The minimum atomic E-state index is 0.639. The molecule has 84 valence electrons. The molecule has 0 amide bonds. The molecule has 0 unspecified atom stereocenters. The Labute approximate surface area is 108 Å². The maximum absolute atomic E-state index is 5.78. The van der Waals surface area contributed by atoms with Crippen molar-refractivity contribution in [3.05, 3.63) is 50.1 Å². The standard InChI is InChI=1S/C13H13BrOS/c1-9-3-5-12(10(2)7-9)15-8-11-4-6-13(14)16-11/h3-7H,8H2,1-2H3. The second-order valence-corrected chi connectivity index (χ2v) is 6.31. The van der Waals surface area contributed by atoms with E-state index in [1.165, 1.54) is 16.0 Å². The first-order valence-electron chi connectivity index (χ1n) is 5.09. The zero-order valence-corrected chi connectivity index (χ0v) is 11.7. The lowest BCUT2D eigenvalue weighted by atomic mass is 10.1. The van der Waals surface area contributed by atoms with Gasteiger partial charge in [0.2, 0.25) is 0 Å². The maximum Gasteiger partial charge on any atom is 0.122 e. The summed E-state index contributed by atoms with van der Waals surface area (Å²) < 4.78 is 6.93. The summed E-state index contributed by atoms with van der Waals surface area (Å²) in [6.07, 6.45) is 0. The van der Waals surface area contributed by atoms with Crippen molar-refractivity contribution in [3.63, 3.8) is 0 Å². The first-order valence-corrected chi connectivity index (χ1v) is 6.70. The summed E-state index contributed by atoms with van der Waals surface area (Å²) in [6.45, 7) is 4.81. The van der Waals surface area contributed by atoms with Crippen LogP contribution in [0.3, 0.4) is 0 Å². The lowest BCUT2D eigenvalue weighted by Crippen LogP contribution is -1.94. The fourth-order valence-corrected chi connectivity index (χ4v) is 2.94. The van der Waals surface area contributed by atoms with E-state index >= 15 is 0 Å². The molecule has 0 aliphatic heterocycles. The van der Waals surface area contributed by atoms with E-state index in [1.54, 1.807) is 11.3 Å². The van der Waals surface area contributed by atoms with Crippen molar-refractivity contribution < 1.29 is 4.74 Å². The van der Waals surface area contributed by atoms with Crippen LogP contribution in [-0.2, 0) is 6.61 Å². The van der Waals surface area contributed by atoms with Crippen LogP contribution in [0.5, 0.6) is 5.75 Å². The quantitative estimate of drug-likeness (QED) is 0.797. The highest BCUT2D eigenvalue weighted by atomic mass is 79.9. The zero-order chi connectivity index (χ0) is 11.5. The average molecular weight is 297 g/mol. The van der Waals surface area contributed by atoms with E-state index in [-0.39, 0.29) is 0 Å². The van der Waals surface area contributed by atoms with E-state index in [9.17, 15) is 0 Å². The van der Waals surface area contributed by atoms with Gasteiger partial charge in [0, 0.05) is 4.88 Å². The van der Waals surface area contributed by atoms with Gasteiger partial charge < -0.3 is 4.74 Å². The molecule has 1 heterocycles. The molecule has 0 aliphatic carbocycles. The molecule has 0 N–H and O–H groups in total. The Morgan fingerprint density at radius 1 is 1.19 bits per heavy atom. The SMILES string of the molecule is Cc1ccc(OCc2ccc(Br)s2)c(C)c1. The number of rotatable bonds is 3. The van der Waals surface area contributed by atoms with Gasteiger partial charge >= 0.3 is 0 Å². The summed E-state index contributed by atoms with van der Waals surface area (Å²) in [5.74, 6) is 0.968. The molecule has 2 aromatic rings. The van der Waals surface area contributed by atoms with Gasteiger partial charge in [0.1, 0.15) is 12.4 Å². The second kappa shape index (κ2) is 5.02. The van der Waals surface area contributed by atoms with Gasteiger partial charge in [0.05, 0.1) is 3.79 Å². The second-order valence-electron chi connectivity index (χ2n) is 3.76. The summed E-state index contributed by atoms with van der Waals surface area (Å²) >= 11 is 5.15. The average Bonchev–Trinajstić information content (AvgIpc) is 2.63. The third-order valence-electron chi connectivity index (χ3n) is 2.33. The highest BCUT2D eigenvalue weighted by Gasteiger charge is 2.02. The van der Waals surface area contributed by atoms with Gasteiger partial charge in [-0.2, -0.15) is 0 Å². The van der Waals surface area contributed by atoms with Crippen molar-refractivity contribution in [3.8, 4) is 5.75 Å². The first kappa shape index (κ1) is 11.7. The summed E-state index contributed by atoms with van der Waals surface area (Å²) in [6, 6.07) is 10.4. The molecule has 16 heavy (non-hydrogen) atoms. The molecule has 1 aromatic carbocycles. The summed E-state index contributed by atoms with van der Waals surface area (Å²) in [4.78, 5) is 1.23. The van der Waals surface area contributed by atoms with Crippen LogP contribution in [0.25, 0.3) is 0 Å². The Hall–Kier alpha value is -0.800. The lowest BCUT2D eigenvalue weighted by molar-refractivity contribution is 0.307. The van der Waals surface area contributed by atoms with Crippen molar-refractivity contribution in [1.29, 1.82) is 0 Å². The molecular formula is C13H13BrOS. The van der Waals surface area contributed by atoms with Gasteiger partial charge in [-0.25, -0.2) is 0 Å². The third-order valence-corrected chi connectivity index (χ3v) is 3.93. The zero-order valence-electron chi connectivity index (χ0n) is 9.29. The molecule has 3 heteroatoms. The van der Waals surface area contributed by atoms with Crippen LogP contribution in [0.2, 0.25) is 0 Å². The van der Waals surface area contributed by atoms with Crippen molar-refractivity contribution in [2.45, 2.75) is 20.5 Å². The number of benzene rings is 1. The van der Waals surface area contributed by atoms with Crippen LogP contribution in [0.4, 0.5) is 0 Å². The summed E-state index contributed by atoms with van der Waals surface area (Å²) in [5.41, 5.74) is 2.46. The van der Waals surface area contributed by atoms with Gasteiger partial charge in [-0.1, -0.05) is 17.7 Å². The van der Waals surface area contributed by atoms with Crippen molar-refractivity contribution in [2.75, 3.05) is 0 Å². The molecule has 0 aliphatic rings. The van der Waals surface area contributed by atoms with Gasteiger partial charge in [-0.05, 0) is 53.5 Å². The molecule has 0 radical (unpaired) electrons. The third kappa shape index (κ3) is 2.86. The van der Waals surface area contributed by atoms with Crippen molar-refractivity contribution in [1.82, 2.24) is 0 Å². The number of thiophene rings is 1. The van der Waals surface area contributed by atoms with Crippen molar-refractivity contribution >= 4 is 27.3 Å². The van der Waals surface area contributed by atoms with Gasteiger partial charge in [0.25, 0.3) is 0 Å². The summed E-state index contributed by atoms with van der Waals surface area (Å²) in [7, 11) is 0. The van der Waals surface area contributed by atoms with Crippen LogP contribution < -0.4 is 4.74 Å². The molecule has 0 fully saturated rings. The molecule has 0 atom stereocenters. The van der Waals surface area contributed by atoms with Crippen LogP contribution >= 0.6 is 27.3 Å². The van der Waals surface area contributed by atoms with Crippen LogP contribution in [0.1, 0.15) is 16.0 Å². The molecule has 0 saturated heterocycles. The Morgan fingerprint density at radius 2 is 2.00 bits per heavy atom. The highest BCUT2D eigenvalue weighted by Crippen LogP contribution is 2.25. The Balaban J connectivity index is 2.04. The molecular weight excluding hydrogens is 284 g/mol. The number of aryl methyl sites for hydroxylation is 2. The van der Waals surface area contributed by atoms with E-state index < -0.39 is 0 Å². The minimum Gasteiger partial charge on any atom is -0.488 e. The number of ether oxygens (including phenoxy) is 1. The van der Waals surface area contributed by atoms with Crippen LogP contribution in [0, 0.1) is 13.8 Å². The van der Waals surface area contributed by atoms with Gasteiger partial charge in [-0.15, -0.1) is 11.3 Å². The topological polar surface area (TPSA) is 9.23 Å². The molecule has 1 nitrogen and oxygen atoms in total. The van der Waals surface area contributed by atoms with Gasteiger partial charge in [-0.3, -0.25) is 0 Å². The Bertz CT molecular complexity index is 490. The first-order chi connectivity index (χ1) is 7.65. The molecule has 2 rings (SSSR count). The van der Waals surface area contributed by atoms with Crippen LogP contribution in [0.15, 0.2) is 34.1 Å². The fourth-order valence-electron chi connectivity index (χ4n) is 1.54. The summed E-state index contributed by atoms with van der Waals surface area (Å²) in [5, 5.41) is 0. The minimum absolute atomic E-state index is 0.639. The lowest BCUT2D eigenvalue weighted by Gasteiger charge is -2.08. The van der Waals surface area contributed by atoms with E-state index in [0.717, 1.165) is 9.54 Å². The fraction of sp³-hybridized carbons (Fsp3) is 0.231. The molecule has 1 aromatic heterocycles. The predicted octanol–water partition coefficient (Wildman–Crippen LogP) is 4.71. The molecule has 0 saturated carbocycles. The number of hydrogen-bond donors (Lipinski definition) is 0. The molecule has 0 spiro atoms. The Kier molecular flexibility index (Phi) is 3.66. The maximum atomic E-state index is 5.78. The monoisotopic (exact) mass is 296 g/mol. The molecule has 0 bridgehead atoms. The van der Waals surface area contributed by atoms with E-state index in [4.69, 9.17) is 4.74 Å². The predicted molar refractivity (Wildman–Crippen MR) is 72.3 cm³/mol. The van der Waals surface area contributed by atoms with E-state index in [1.807, 2.05) is 12.1 Å². The number of hydrogen-bond acceptors (Lipinski definition) is 2. The highest BCUT2D eigenvalue weighted by molar-refractivity contribution is 9.11. The van der Waals surface area contributed by atoms with Crippen LogP contribution in [-0.4, -0.2) is 0 Å². The Morgan fingerprint density at radius 3 is 2.62 bits per heavy atom. The number of halogens is 1. The smallest absolute Gasteiger partial charge is 0.122 e. The largest absolute Gasteiger partial charge is 0.488 e. The normalized spacial score (nSPS) is 10.4. The van der Waals surface area contributed by atoms with Gasteiger partial charge in [0.15, 0.2) is 0 Å². The van der Waals surface area contributed by atoms with Crippen molar-refractivity contribution in [2.24, 2.45) is 0 Å². The van der Waals surface area contributed by atoms with E-state index in [2.05, 4.69) is 48.0 Å².